The van der Waals surface area contributed by atoms with Gasteiger partial charge in [0.05, 0.1) is 6.04 Å². The summed E-state index contributed by atoms with van der Waals surface area (Å²) in [5, 5.41) is 6.66. The first kappa shape index (κ1) is 16.9. The van der Waals surface area contributed by atoms with Gasteiger partial charge in [0.15, 0.2) is 17.3 Å². The lowest BCUT2D eigenvalue weighted by molar-refractivity contribution is -0.0495. The maximum absolute atomic E-state index is 12.4. The van der Waals surface area contributed by atoms with Crippen LogP contribution in [0.3, 0.4) is 0 Å². The zero-order valence-corrected chi connectivity index (χ0v) is 12.9. The predicted molar refractivity (Wildman–Crippen MR) is 80.7 cm³/mol. The van der Waals surface area contributed by atoms with Gasteiger partial charge in [-0.05, 0) is 31.0 Å². The molecule has 0 unspecified atom stereocenters. The average molecular weight is 324 g/mol. The van der Waals surface area contributed by atoms with Crippen molar-refractivity contribution >= 4 is 11.7 Å². The second-order valence-electron chi connectivity index (χ2n) is 4.83. The van der Waals surface area contributed by atoms with Crippen LogP contribution in [0.4, 0.5) is 14.6 Å². The Balaban J connectivity index is 2.14. The number of hydrogen-bond acceptors (Lipinski definition) is 4. The zero-order chi connectivity index (χ0) is 16.8. The van der Waals surface area contributed by atoms with Crippen LogP contribution in [-0.4, -0.2) is 27.3 Å². The summed E-state index contributed by atoms with van der Waals surface area (Å²) in [5.41, 5.74) is 0.186. The van der Waals surface area contributed by atoms with Crippen molar-refractivity contribution in [3.8, 4) is 5.75 Å². The molecule has 0 aromatic carbocycles. The number of pyridine rings is 1. The molecule has 0 bridgehead atoms. The van der Waals surface area contributed by atoms with E-state index in [1.165, 1.54) is 18.3 Å². The quantitative estimate of drug-likeness (QED) is 0.846. The van der Waals surface area contributed by atoms with Crippen LogP contribution in [0.25, 0.3) is 0 Å². The smallest absolute Gasteiger partial charge is 0.387 e. The minimum atomic E-state index is -3.00. The third kappa shape index (κ3) is 4.24. The lowest BCUT2D eigenvalue weighted by Gasteiger charge is -2.12. The van der Waals surface area contributed by atoms with Gasteiger partial charge in [0.2, 0.25) is 0 Å². The second kappa shape index (κ2) is 7.66. The van der Waals surface area contributed by atoms with E-state index in [9.17, 15) is 13.6 Å². The summed E-state index contributed by atoms with van der Waals surface area (Å²) in [5.74, 6) is -0.808. The molecular weight excluding hydrogens is 306 g/mol. The van der Waals surface area contributed by atoms with E-state index in [2.05, 4.69) is 20.1 Å². The van der Waals surface area contributed by atoms with Gasteiger partial charge in [0.25, 0.3) is 5.91 Å². The van der Waals surface area contributed by atoms with Crippen molar-refractivity contribution in [1.82, 2.24) is 14.8 Å². The molecule has 1 N–H and O–H groups in total. The highest BCUT2D eigenvalue weighted by Gasteiger charge is 2.17. The monoisotopic (exact) mass is 324 g/mol. The Labute approximate surface area is 132 Å². The average Bonchev–Trinajstić information content (AvgIpc) is 3.00. The normalized spacial score (nSPS) is 11.0. The minimum absolute atomic E-state index is 0.0742. The van der Waals surface area contributed by atoms with Crippen LogP contribution in [0, 0.1) is 0 Å². The third-order valence-corrected chi connectivity index (χ3v) is 3.38. The number of halogens is 2. The molecule has 124 valence electrons. The zero-order valence-electron chi connectivity index (χ0n) is 12.9. The number of amides is 1. The molecule has 2 rings (SSSR count). The van der Waals surface area contributed by atoms with Crippen LogP contribution >= 0.6 is 0 Å². The van der Waals surface area contributed by atoms with Crippen molar-refractivity contribution in [3.05, 3.63) is 36.3 Å². The van der Waals surface area contributed by atoms with Crippen LogP contribution in [0.5, 0.6) is 5.75 Å². The van der Waals surface area contributed by atoms with Gasteiger partial charge in [-0.25, -0.2) is 4.98 Å². The number of aromatic nitrogens is 3. The first-order valence-corrected chi connectivity index (χ1v) is 7.31. The first-order chi connectivity index (χ1) is 11.0. The highest BCUT2D eigenvalue weighted by molar-refractivity contribution is 6.02. The fourth-order valence-electron chi connectivity index (χ4n) is 2.17. The predicted octanol–water partition coefficient (Wildman–Crippen LogP) is 3.49. The highest BCUT2D eigenvalue weighted by atomic mass is 19.3. The molecule has 2 aromatic rings. The number of rotatable bonds is 7. The number of carbonyl (C=O) groups excluding carboxylic acids is 1. The Morgan fingerprint density at radius 3 is 2.74 bits per heavy atom. The molecule has 0 radical (unpaired) electrons. The largest absolute Gasteiger partial charge is 0.431 e. The van der Waals surface area contributed by atoms with Crippen LogP contribution < -0.4 is 10.1 Å². The maximum atomic E-state index is 12.4. The van der Waals surface area contributed by atoms with E-state index < -0.39 is 12.5 Å². The van der Waals surface area contributed by atoms with Crippen molar-refractivity contribution in [1.29, 1.82) is 0 Å². The molecule has 8 heteroatoms. The molecule has 0 aliphatic carbocycles. The molecular formula is C15H18F2N4O2. The summed E-state index contributed by atoms with van der Waals surface area (Å²) < 4.78 is 30.8. The van der Waals surface area contributed by atoms with E-state index in [1.807, 2.05) is 13.8 Å². The molecule has 6 nitrogen and oxygen atoms in total. The number of anilines is 1. The first-order valence-electron chi connectivity index (χ1n) is 7.31. The minimum Gasteiger partial charge on any atom is -0.431 e. The standard InChI is InChI=1S/C15H18F2N4O2/c1-3-10(4-2)21-9-7-11(20-21)14(22)19-13-12(23-15(16)17)6-5-8-18-13/h5-10,15H,3-4H2,1-2H3,(H,18,19,22). The van der Waals surface area contributed by atoms with Crippen LogP contribution in [-0.2, 0) is 0 Å². The van der Waals surface area contributed by atoms with Crippen molar-refractivity contribution in [3.63, 3.8) is 0 Å². The number of nitrogens with zero attached hydrogens (tertiary/aromatic N) is 3. The third-order valence-electron chi connectivity index (χ3n) is 3.38. The second-order valence-corrected chi connectivity index (χ2v) is 4.83. The van der Waals surface area contributed by atoms with E-state index in [0.29, 0.717) is 0 Å². The summed E-state index contributed by atoms with van der Waals surface area (Å²) in [6, 6.07) is 4.53. The molecule has 0 aliphatic heterocycles. The summed E-state index contributed by atoms with van der Waals surface area (Å²) in [6.45, 7) is 1.08. The number of ether oxygens (including phenoxy) is 1. The van der Waals surface area contributed by atoms with Crippen molar-refractivity contribution in [2.75, 3.05) is 5.32 Å². The number of carbonyl (C=O) groups is 1. The van der Waals surface area contributed by atoms with E-state index >= 15 is 0 Å². The van der Waals surface area contributed by atoms with Crippen molar-refractivity contribution in [2.24, 2.45) is 0 Å². The summed E-state index contributed by atoms with van der Waals surface area (Å²) in [4.78, 5) is 16.0. The topological polar surface area (TPSA) is 69.0 Å². The molecule has 2 aromatic heterocycles. The van der Waals surface area contributed by atoms with Gasteiger partial charge in [0.1, 0.15) is 0 Å². The van der Waals surface area contributed by atoms with Gasteiger partial charge in [-0.1, -0.05) is 13.8 Å². The molecule has 0 fully saturated rings. The summed E-state index contributed by atoms with van der Waals surface area (Å²) >= 11 is 0. The van der Waals surface area contributed by atoms with Gasteiger partial charge >= 0.3 is 6.61 Å². The summed E-state index contributed by atoms with van der Waals surface area (Å²) in [7, 11) is 0. The van der Waals surface area contributed by atoms with Gasteiger partial charge in [-0.2, -0.15) is 13.9 Å². The van der Waals surface area contributed by atoms with Gasteiger partial charge in [-0.3, -0.25) is 9.48 Å². The van der Waals surface area contributed by atoms with Crippen molar-refractivity contribution < 1.29 is 18.3 Å². The van der Waals surface area contributed by atoms with E-state index in [-0.39, 0.29) is 23.3 Å². The highest BCUT2D eigenvalue weighted by Crippen LogP contribution is 2.23. The van der Waals surface area contributed by atoms with Crippen molar-refractivity contribution in [2.45, 2.75) is 39.3 Å². The Morgan fingerprint density at radius 1 is 1.35 bits per heavy atom. The van der Waals surface area contributed by atoms with E-state index in [4.69, 9.17) is 0 Å². The summed E-state index contributed by atoms with van der Waals surface area (Å²) in [6.07, 6.45) is 4.88. The molecule has 1 amide bonds. The Kier molecular flexibility index (Phi) is 5.61. The molecule has 0 saturated heterocycles. The van der Waals surface area contributed by atoms with Crippen LogP contribution in [0.2, 0.25) is 0 Å². The molecule has 23 heavy (non-hydrogen) atoms. The number of nitrogens with one attached hydrogen (secondary N) is 1. The molecule has 0 spiro atoms. The Bertz CT molecular complexity index is 656. The van der Waals surface area contributed by atoms with Gasteiger partial charge in [-0.15, -0.1) is 0 Å². The lowest BCUT2D eigenvalue weighted by Crippen LogP contribution is -2.16. The van der Waals surface area contributed by atoms with Crippen LogP contribution in [0.1, 0.15) is 43.2 Å². The molecule has 0 aliphatic rings. The number of alkyl halides is 2. The number of hydrogen-bond donors (Lipinski definition) is 1. The molecule has 0 saturated carbocycles. The fraction of sp³-hybridized carbons (Fsp3) is 0.400. The Morgan fingerprint density at radius 2 is 2.09 bits per heavy atom. The van der Waals surface area contributed by atoms with E-state index in [0.717, 1.165) is 12.8 Å². The SMILES string of the molecule is CCC(CC)n1ccc(C(=O)Nc2ncccc2OC(F)F)n1. The molecule has 2 heterocycles. The fourth-order valence-corrected chi connectivity index (χ4v) is 2.17. The maximum Gasteiger partial charge on any atom is 0.387 e. The lowest BCUT2D eigenvalue weighted by atomic mass is 10.2. The van der Waals surface area contributed by atoms with Gasteiger partial charge < -0.3 is 10.1 Å². The molecule has 0 atom stereocenters. The van der Waals surface area contributed by atoms with E-state index in [1.54, 1.807) is 16.9 Å². The van der Waals surface area contributed by atoms with Crippen LogP contribution in [0.15, 0.2) is 30.6 Å². The Hall–Kier alpha value is -2.51. The van der Waals surface area contributed by atoms with Gasteiger partial charge in [0, 0.05) is 12.4 Å².